The zero-order valence-electron chi connectivity index (χ0n) is 12.3. The Morgan fingerprint density at radius 1 is 1.33 bits per heavy atom. The third-order valence-electron chi connectivity index (χ3n) is 2.97. The Kier molecular flexibility index (Phi) is 6.68. The van der Waals surface area contributed by atoms with Gasteiger partial charge in [-0.3, -0.25) is 4.79 Å². The molecule has 0 fully saturated rings. The summed E-state index contributed by atoms with van der Waals surface area (Å²) in [5.74, 6) is -1.87. The molecule has 0 aliphatic rings. The third kappa shape index (κ3) is 5.38. The number of amides is 1. The molecule has 0 radical (unpaired) electrons. The van der Waals surface area contributed by atoms with Gasteiger partial charge in [0, 0.05) is 18.9 Å². The largest absolute Gasteiger partial charge is 0.484 e. The summed E-state index contributed by atoms with van der Waals surface area (Å²) in [6.07, 6.45) is 0.993. The van der Waals surface area contributed by atoms with Crippen molar-refractivity contribution in [1.82, 2.24) is 0 Å². The number of hydrogen-bond donors (Lipinski definition) is 1. The van der Waals surface area contributed by atoms with Gasteiger partial charge in [0.1, 0.15) is 11.6 Å². The predicted octanol–water partition coefficient (Wildman–Crippen LogP) is 4.00. The number of hydrogen-bond acceptors (Lipinski definition) is 3. The number of carbonyl (C=O) groups is 1. The van der Waals surface area contributed by atoms with Crippen LogP contribution in [0, 0.1) is 11.6 Å². The maximum atomic E-state index is 13.8. The van der Waals surface area contributed by atoms with Gasteiger partial charge in [0.2, 0.25) is 5.91 Å². The van der Waals surface area contributed by atoms with Crippen LogP contribution in [0.25, 0.3) is 0 Å². The van der Waals surface area contributed by atoms with Gasteiger partial charge in [-0.2, -0.15) is 0 Å². The van der Waals surface area contributed by atoms with Crippen molar-refractivity contribution in [2.24, 2.45) is 0 Å². The lowest BCUT2D eigenvalue weighted by Crippen LogP contribution is -2.16. The van der Waals surface area contributed by atoms with E-state index in [9.17, 15) is 13.6 Å². The molecule has 0 aliphatic heterocycles. The van der Waals surface area contributed by atoms with Crippen LogP contribution in [-0.2, 0) is 16.0 Å². The quantitative estimate of drug-likeness (QED) is 0.806. The lowest BCUT2D eigenvalue weighted by atomic mass is 10.1. The lowest BCUT2D eigenvalue weighted by Gasteiger charge is -2.14. The molecule has 1 rings (SSSR count). The first-order chi connectivity index (χ1) is 9.87. The average Bonchev–Trinajstić information content (AvgIpc) is 2.43. The molecule has 0 aliphatic carbocycles. The van der Waals surface area contributed by atoms with E-state index in [0.717, 1.165) is 12.5 Å². The maximum Gasteiger partial charge on any atom is 0.224 e. The topological polar surface area (TPSA) is 38.3 Å². The Morgan fingerprint density at radius 3 is 2.57 bits per heavy atom. The van der Waals surface area contributed by atoms with Gasteiger partial charge in [-0.15, -0.1) is 0 Å². The van der Waals surface area contributed by atoms with Gasteiger partial charge >= 0.3 is 0 Å². The molecular formula is C15H19F2NO2S. The summed E-state index contributed by atoms with van der Waals surface area (Å²) in [6, 6.07) is 2.00. The van der Waals surface area contributed by atoms with Crippen LogP contribution in [0.4, 0.5) is 14.5 Å². The van der Waals surface area contributed by atoms with E-state index >= 15 is 0 Å². The summed E-state index contributed by atoms with van der Waals surface area (Å²) in [4.78, 5) is 11.3. The molecule has 1 atom stereocenters. The van der Waals surface area contributed by atoms with Crippen LogP contribution < -0.4 is 5.32 Å². The molecule has 0 saturated carbocycles. The van der Waals surface area contributed by atoms with E-state index in [4.69, 9.17) is 17.0 Å². The van der Waals surface area contributed by atoms with Crippen molar-refractivity contribution in [3.63, 3.8) is 0 Å². The van der Waals surface area contributed by atoms with Crippen LogP contribution in [0.5, 0.6) is 0 Å². The van der Waals surface area contributed by atoms with Crippen LogP contribution in [-0.4, -0.2) is 17.1 Å². The smallest absolute Gasteiger partial charge is 0.224 e. The van der Waals surface area contributed by atoms with Gasteiger partial charge in [-0.25, -0.2) is 8.78 Å². The molecule has 1 aromatic carbocycles. The van der Waals surface area contributed by atoms with Gasteiger partial charge in [0.05, 0.1) is 11.8 Å². The number of rotatable bonds is 6. The zero-order valence-corrected chi connectivity index (χ0v) is 13.2. The molecule has 1 amide bonds. The second kappa shape index (κ2) is 8.02. The molecule has 0 spiro atoms. The van der Waals surface area contributed by atoms with Gasteiger partial charge in [-0.05, 0) is 37.2 Å². The first kappa shape index (κ1) is 17.5. The van der Waals surface area contributed by atoms with Crippen molar-refractivity contribution in [1.29, 1.82) is 0 Å². The highest BCUT2D eigenvalue weighted by atomic mass is 32.1. The number of anilines is 1. The standard InChI is InChI=1S/C15H19F2NO2S/c1-4-9(3)20-15(21)7-10-6-13(18-14(19)5-2)12(17)8-11(10)16/h6,8-9H,4-5,7H2,1-3H3,(H,18,19). The Bertz CT molecular complexity index is 535. The molecular weight excluding hydrogens is 296 g/mol. The second-order valence-electron chi connectivity index (χ2n) is 4.71. The fourth-order valence-electron chi connectivity index (χ4n) is 1.57. The van der Waals surface area contributed by atoms with Gasteiger partial charge in [0.25, 0.3) is 0 Å². The first-order valence-electron chi connectivity index (χ1n) is 6.84. The molecule has 116 valence electrons. The Hall–Kier alpha value is -1.56. The molecule has 0 aromatic heterocycles. The summed E-state index contributed by atoms with van der Waals surface area (Å²) >= 11 is 5.05. The minimum atomic E-state index is -0.813. The molecule has 21 heavy (non-hydrogen) atoms. The lowest BCUT2D eigenvalue weighted by molar-refractivity contribution is -0.115. The highest BCUT2D eigenvalue weighted by Gasteiger charge is 2.14. The fraction of sp³-hybridized carbons (Fsp3) is 0.467. The Morgan fingerprint density at radius 2 is 2.00 bits per heavy atom. The summed E-state index contributed by atoms with van der Waals surface area (Å²) in [7, 11) is 0. The first-order valence-corrected chi connectivity index (χ1v) is 7.25. The second-order valence-corrected chi connectivity index (χ2v) is 5.17. The van der Waals surface area contributed by atoms with E-state index in [1.165, 1.54) is 6.07 Å². The van der Waals surface area contributed by atoms with Crippen molar-refractivity contribution in [2.45, 2.75) is 46.1 Å². The van der Waals surface area contributed by atoms with Gasteiger partial charge < -0.3 is 10.1 Å². The van der Waals surface area contributed by atoms with Crippen molar-refractivity contribution in [3.05, 3.63) is 29.3 Å². The van der Waals surface area contributed by atoms with E-state index in [1.54, 1.807) is 6.92 Å². The number of halogens is 2. The number of ether oxygens (including phenoxy) is 1. The van der Waals surface area contributed by atoms with Crippen molar-refractivity contribution >= 4 is 28.9 Å². The van der Waals surface area contributed by atoms with Crippen molar-refractivity contribution < 1.29 is 18.3 Å². The van der Waals surface area contributed by atoms with E-state index in [0.29, 0.717) is 0 Å². The van der Waals surface area contributed by atoms with E-state index in [2.05, 4.69) is 5.32 Å². The minimum Gasteiger partial charge on any atom is -0.484 e. The molecule has 1 unspecified atom stereocenters. The van der Waals surface area contributed by atoms with Crippen LogP contribution in [0.3, 0.4) is 0 Å². The van der Waals surface area contributed by atoms with Crippen LogP contribution in [0.2, 0.25) is 0 Å². The van der Waals surface area contributed by atoms with E-state index in [-0.39, 0.29) is 41.2 Å². The Balaban J connectivity index is 2.89. The summed E-state index contributed by atoms with van der Waals surface area (Å²) in [5.41, 5.74) is 0.140. The normalized spacial score (nSPS) is 11.9. The minimum absolute atomic E-state index is 0.0513. The van der Waals surface area contributed by atoms with E-state index < -0.39 is 11.6 Å². The number of carbonyl (C=O) groups excluding carboxylic acids is 1. The number of thiocarbonyl (C=S) groups is 1. The van der Waals surface area contributed by atoms with E-state index in [1.807, 2.05) is 13.8 Å². The third-order valence-corrected chi connectivity index (χ3v) is 3.21. The molecule has 1 N–H and O–H groups in total. The monoisotopic (exact) mass is 315 g/mol. The van der Waals surface area contributed by atoms with Gasteiger partial charge in [-0.1, -0.05) is 13.8 Å². The average molecular weight is 315 g/mol. The fourth-order valence-corrected chi connectivity index (χ4v) is 1.89. The molecule has 0 saturated heterocycles. The van der Waals surface area contributed by atoms with Crippen molar-refractivity contribution in [3.8, 4) is 0 Å². The molecule has 3 nitrogen and oxygen atoms in total. The summed E-state index contributed by atoms with van der Waals surface area (Å²) in [5, 5.41) is 2.63. The van der Waals surface area contributed by atoms with Gasteiger partial charge in [0.15, 0.2) is 5.05 Å². The molecule has 0 bridgehead atoms. The van der Waals surface area contributed by atoms with Crippen LogP contribution in [0.1, 0.15) is 39.2 Å². The molecule has 6 heteroatoms. The van der Waals surface area contributed by atoms with Crippen LogP contribution >= 0.6 is 12.2 Å². The number of benzene rings is 1. The molecule has 0 heterocycles. The maximum absolute atomic E-state index is 13.8. The SMILES string of the molecule is CCC(=O)Nc1cc(CC(=S)OC(C)CC)c(F)cc1F. The highest BCUT2D eigenvalue weighted by molar-refractivity contribution is 7.80. The summed E-state index contributed by atoms with van der Waals surface area (Å²) < 4.78 is 32.8. The molecule has 1 aromatic rings. The Labute approximate surface area is 128 Å². The van der Waals surface area contributed by atoms with Crippen LogP contribution in [0.15, 0.2) is 12.1 Å². The highest BCUT2D eigenvalue weighted by Crippen LogP contribution is 2.21. The predicted molar refractivity (Wildman–Crippen MR) is 82.4 cm³/mol. The zero-order chi connectivity index (χ0) is 16.0. The number of nitrogens with one attached hydrogen (secondary N) is 1. The summed E-state index contributed by atoms with van der Waals surface area (Å²) in [6.45, 7) is 5.46. The van der Waals surface area contributed by atoms with Crippen molar-refractivity contribution in [2.75, 3.05) is 5.32 Å².